The van der Waals surface area contributed by atoms with Crippen LogP contribution in [0.4, 0.5) is 13.2 Å². The van der Waals surface area contributed by atoms with E-state index in [0.29, 0.717) is 32.7 Å². The first kappa shape index (κ1) is 15.3. The van der Waals surface area contributed by atoms with Crippen molar-refractivity contribution in [1.29, 1.82) is 0 Å². The molecule has 0 aliphatic carbocycles. The topological polar surface area (TPSA) is 31.7 Å². The first-order chi connectivity index (χ1) is 9.48. The highest BCUT2D eigenvalue weighted by Gasteiger charge is 2.32. The highest BCUT2D eigenvalue weighted by molar-refractivity contribution is 5.16. The Labute approximate surface area is 116 Å². The minimum atomic E-state index is -4.10. The lowest BCUT2D eigenvalue weighted by atomic mass is 10.2. The lowest BCUT2D eigenvalue weighted by molar-refractivity contribution is -0.149. The number of rotatable bonds is 5. The number of hydrogen-bond donors (Lipinski definition) is 1. The molecule has 1 aromatic rings. The van der Waals surface area contributed by atoms with Gasteiger partial charge in [-0.2, -0.15) is 13.2 Å². The molecule has 1 aromatic heterocycles. The Morgan fingerprint density at radius 2 is 1.85 bits per heavy atom. The molecule has 1 aliphatic rings. The Kier molecular flexibility index (Phi) is 5.06. The van der Waals surface area contributed by atoms with Gasteiger partial charge >= 0.3 is 6.18 Å². The molecule has 1 fully saturated rings. The molecular formula is C13H20F3N3O. The summed E-state index contributed by atoms with van der Waals surface area (Å²) in [6.45, 7) is 2.80. The van der Waals surface area contributed by atoms with Gasteiger partial charge in [-0.1, -0.05) is 0 Å². The molecule has 114 valence electrons. The quantitative estimate of drug-likeness (QED) is 0.894. The van der Waals surface area contributed by atoms with Gasteiger partial charge in [0.15, 0.2) is 0 Å². The Morgan fingerprint density at radius 3 is 2.45 bits per heavy atom. The Hall–Kier alpha value is -1.05. The number of halogens is 3. The van der Waals surface area contributed by atoms with E-state index in [-0.39, 0.29) is 0 Å². The molecule has 2 heterocycles. The van der Waals surface area contributed by atoms with Crippen molar-refractivity contribution < 1.29 is 17.6 Å². The summed E-state index contributed by atoms with van der Waals surface area (Å²) in [7, 11) is 1.85. The van der Waals surface area contributed by atoms with Crippen LogP contribution in [0, 0.1) is 0 Å². The normalized spacial score (nSPS) is 18.6. The minimum Gasteiger partial charge on any atom is -0.468 e. The zero-order chi connectivity index (χ0) is 14.6. The van der Waals surface area contributed by atoms with Crippen molar-refractivity contribution in [2.45, 2.75) is 19.3 Å². The van der Waals surface area contributed by atoms with Crippen molar-refractivity contribution >= 4 is 0 Å². The lowest BCUT2D eigenvalue weighted by Gasteiger charge is -2.34. The van der Waals surface area contributed by atoms with E-state index < -0.39 is 12.7 Å². The Balaban J connectivity index is 1.81. The number of piperazine rings is 1. The van der Waals surface area contributed by atoms with Crippen molar-refractivity contribution in [2.75, 3.05) is 39.8 Å². The van der Waals surface area contributed by atoms with Crippen LogP contribution < -0.4 is 5.32 Å². The van der Waals surface area contributed by atoms with Gasteiger partial charge in [-0.15, -0.1) is 0 Å². The second-order valence-electron chi connectivity index (χ2n) is 5.07. The molecule has 0 spiro atoms. The molecule has 20 heavy (non-hydrogen) atoms. The number of nitrogens with zero attached hydrogens (tertiary/aromatic N) is 2. The van der Waals surface area contributed by atoms with E-state index >= 15 is 0 Å². The number of nitrogens with one attached hydrogen (secondary N) is 1. The van der Waals surface area contributed by atoms with E-state index in [4.69, 9.17) is 4.42 Å². The monoisotopic (exact) mass is 291 g/mol. The molecule has 0 atom stereocenters. The third-order valence-corrected chi connectivity index (χ3v) is 3.44. The van der Waals surface area contributed by atoms with Crippen LogP contribution in [0.1, 0.15) is 11.3 Å². The zero-order valence-corrected chi connectivity index (χ0v) is 11.5. The van der Waals surface area contributed by atoms with Crippen LogP contribution in [0.5, 0.6) is 0 Å². The van der Waals surface area contributed by atoms with Crippen LogP contribution in [-0.4, -0.2) is 55.7 Å². The highest BCUT2D eigenvalue weighted by Crippen LogP contribution is 2.19. The van der Waals surface area contributed by atoms with Crippen LogP contribution >= 0.6 is 0 Å². The lowest BCUT2D eigenvalue weighted by Crippen LogP contribution is -2.48. The SMILES string of the molecule is CNCc1occc1CN1CCN(CC(F)(F)F)CC1. The van der Waals surface area contributed by atoms with Crippen molar-refractivity contribution in [3.63, 3.8) is 0 Å². The van der Waals surface area contributed by atoms with E-state index in [0.717, 1.165) is 17.9 Å². The fraction of sp³-hybridized carbons (Fsp3) is 0.692. The van der Waals surface area contributed by atoms with Gasteiger partial charge in [0.2, 0.25) is 0 Å². The van der Waals surface area contributed by atoms with Gasteiger partial charge in [0, 0.05) is 38.3 Å². The first-order valence-corrected chi connectivity index (χ1v) is 6.69. The summed E-state index contributed by atoms with van der Waals surface area (Å²) >= 11 is 0. The second-order valence-corrected chi connectivity index (χ2v) is 5.07. The van der Waals surface area contributed by atoms with E-state index in [1.165, 1.54) is 4.90 Å². The summed E-state index contributed by atoms with van der Waals surface area (Å²) in [5.74, 6) is 0.894. The Bertz CT molecular complexity index is 411. The summed E-state index contributed by atoms with van der Waals surface area (Å²) < 4.78 is 42.3. The molecule has 2 rings (SSSR count). The van der Waals surface area contributed by atoms with Crippen LogP contribution in [-0.2, 0) is 13.1 Å². The molecule has 0 amide bonds. The van der Waals surface area contributed by atoms with Crippen molar-refractivity contribution in [1.82, 2.24) is 15.1 Å². The average molecular weight is 291 g/mol. The fourth-order valence-corrected chi connectivity index (χ4v) is 2.42. The smallest absolute Gasteiger partial charge is 0.401 e. The van der Waals surface area contributed by atoms with Gasteiger partial charge in [0.05, 0.1) is 19.4 Å². The first-order valence-electron chi connectivity index (χ1n) is 6.69. The molecule has 1 saturated heterocycles. The van der Waals surface area contributed by atoms with Gasteiger partial charge in [-0.25, -0.2) is 0 Å². The van der Waals surface area contributed by atoms with Gasteiger partial charge in [-0.05, 0) is 13.1 Å². The van der Waals surface area contributed by atoms with Crippen molar-refractivity contribution in [2.24, 2.45) is 0 Å². The highest BCUT2D eigenvalue weighted by atomic mass is 19.4. The van der Waals surface area contributed by atoms with E-state index in [1.807, 2.05) is 13.1 Å². The fourth-order valence-electron chi connectivity index (χ4n) is 2.42. The molecular weight excluding hydrogens is 271 g/mol. The summed E-state index contributed by atoms with van der Waals surface area (Å²) in [6.07, 6.45) is -2.45. The molecule has 0 aromatic carbocycles. The largest absolute Gasteiger partial charge is 0.468 e. The second kappa shape index (κ2) is 6.60. The molecule has 0 bridgehead atoms. The molecule has 0 saturated carbocycles. The maximum atomic E-state index is 12.3. The van der Waals surface area contributed by atoms with Crippen LogP contribution in [0.15, 0.2) is 16.7 Å². The number of furan rings is 1. The maximum absolute atomic E-state index is 12.3. The standard InChI is InChI=1S/C13H20F3N3O/c1-17-8-12-11(2-7-20-12)9-18-3-5-19(6-4-18)10-13(14,15)16/h2,7,17H,3-6,8-10H2,1H3. The Morgan fingerprint density at radius 1 is 1.20 bits per heavy atom. The molecule has 0 radical (unpaired) electrons. The predicted molar refractivity (Wildman–Crippen MR) is 69.2 cm³/mol. The van der Waals surface area contributed by atoms with Crippen LogP contribution in [0.25, 0.3) is 0 Å². The molecule has 1 aliphatic heterocycles. The molecule has 1 N–H and O–H groups in total. The van der Waals surface area contributed by atoms with E-state index in [9.17, 15) is 13.2 Å². The minimum absolute atomic E-state index is 0.457. The van der Waals surface area contributed by atoms with E-state index in [2.05, 4.69) is 10.2 Å². The van der Waals surface area contributed by atoms with Gasteiger partial charge < -0.3 is 9.73 Å². The summed E-state index contributed by atoms with van der Waals surface area (Å²) in [5, 5.41) is 3.04. The predicted octanol–water partition coefficient (Wildman–Crippen LogP) is 1.68. The third kappa shape index (κ3) is 4.50. The van der Waals surface area contributed by atoms with E-state index in [1.54, 1.807) is 6.26 Å². The zero-order valence-electron chi connectivity index (χ0n) is 11.5. The third-order valence-electron chi connectivity index (χ3n) is 3.44. The summed E-state index contributed by atoms with van der Waals surface area (Å²) in [6, 6.07) is 1.93. The van der Waals surface area contributed by atoms with Gasteiger partial charge in [-0.3, -0.25) is 9.80 Å². The average Bonchev–Trinajstić information content (AvgIpc) is 2.78. The van der Waals surface area contributed by atoms with Crippen molar-refractivity contribution in [3.8, 4) is 0 Å². The van der Waals surface area contributed by atoms with Crippen molar-refractivity contribution in [3.05, 3.63) is 23.7 Å². The molecule has 0 unspecified atom stereocenters. The molecule has 4 nitrogen and oxygen atoms in total. The maximum Gasteiger partial charge on any atom is 0.401 e. The van der Waals surface area contributed by atoms with Crippen LogP contribution in [0.2, 0.25) is 0 Å². The number of alkyl halides is 3. The summed E-state index contributed by atoms with van der Waals surface area (Å²) in [4.78, 5) is 3.62. The van der Waals surface area contributed by atoms with Gasteiger partial charge in [0.1, 0.15) is 5.76 Å². The van der Waals surface area contributed by atoms with Crippen LogP contribution in [0.3, 0.4) is 0 Å². The summed E-state index contributed by atoms with van der Waals surface area (Å²) in [5.41, 5.74) is 1.10. The molecule has 7 heteroatoms. The number of hydrogen-bond acceptors (Lipinski definition) is 4. The van der Waals surface area contributed by atoms with Gasteiger partial charge in [0.25, 0.3) is 0 Å².